The van der Waals surface area contributed by atoms with Gasteiger partial charge in [0, 0.05) is 74.1 Å². The third-order valence-corrected chi connectivity index (χ3v) is 8.06. The number of aliphatic hydroxyl groups is 1. The lowest BCUT2D eigenvalue weighted by molar-refractivity contribution is -0.119. The minimum Gasteiger partial charge on any atom is -0.454 e. The van der Waals surface area contributed by atoms with Crippen LogP contribution in [0.3, 0.4) is 0 Å². The van der Waals surface area contributed by atoms with Gasteiger partial charge in [-0.3, -0.25) is 14.5 Å². The molecule has 1 fully saturated rings. The molecule has 0 aromatic heterocycles. The van der Waals surface area contributed by atoms with Crippen molar-refractivity contribution in [3.8, 4) is 11.5 Å². The van der Waals surface area contributed by atoms with Gasteiger partial charge < -0.3 is 39.8 Å². The quantitative estimate of drug-likeness (QED) is 0.271. The Morgan fingerprint density at radius 1 is 1.05 bits per heavy atom. The van der Waals surface area contributed by atoms with Gasteiger partial charge in [0.15, 0.2) is 17.8 Å². The van der Waals surface area contributed by atoms with E-state index in [0.29, 0.717) is 51.7 Å². The summed E-state index contributed by atoms with van der Waals surface area (Å²) in [6, 6.07) is 18.2. The summed E-state index contributed by atoms with van der Waals surface area (Å²) < 4.78 is 16.2. The third-order valence-electron chi connectivity index (χ3n) is 8.06. The lowest BCUT2D eigenvalue weighted by Crippen LogP contribution is -2.48. The fraction of sp³-hybridized carbons (Fsp3) is 0.312. The summed E-state index contributed by atoms with van der Waals surface area (Å²) in [7, 11) is 5.29. The van der Waals surface area contributed by atoms with Crippen molar-refractivity contribution in [3.05, 3.63) is 77.4 Å². The van der Waals surface area contributed by atoms with E-state index in [4.69, 9.17) is 14.2 Å². The van der Waals surface area contributed by atoms with E-state index in [9.17, 15) is 14.7 Å². The number of hydrogen-bond donors (Lipinski definition) is 3. The van der Waals surface area contributed by atoms with Crippen molar-refractivity contribution in [2.24, 2.45) is 0 Å². The molecule has 3 aromatic carbocycles. The van der Waals surface area contributed by atoms with E-state index in [2.05, 4.69) is 27.5 Å². The van der Waals surface area contributed by atoms with E-state index in [1.807, 2.05) is 42.5 Å². The van der Waals surface area contributed by atoms with Gasteiger partial charge in [-0.15, -0.1) is 0 Å². The fourth-order valence-corrected chi connectivity index (χ4v) is 5.41. The van der Waals surface area contributed by atoms with Crippen molar-refractivity contribution in [2.45, 2.75) is 6.29 Å². The Hall–Kier alpha value is -4.42. The average Bonchev–Trinajstić information content (AvgIpc) is 3.63. The Bertz CT molecular complexity index is 1560. The van der Waals surface area contributed by atoms with E-state index in [0.717, 1.165) is 37.6 Å². The molecule has 3 N–H and O–H groups in total. The fourth-order valence-electron chi connectivity index (χ4n) is 5.41. The molecular formula is C32H35N5O6. The summed E-state index contributed by atoms with van der Waals surface area (Å²) in [4.78, 5) is 32.5. The lowest BCUT2D eigenvalue weighted by Gasteiger charge is -2.32. The number of fused-ring (bicyclic) bond motifs is 2. The van der Waals surface area contributed by atoms with Gasteiger partial charge in [-0.25, -0.2) is 0 Å². The van der Waals surface area contributed by atoms with E-state index >= 15 is 0 Å². The molecule has 0 aliphatic carbocycles. The van der Waals surface area contributed by atoms with Gasteiger partial charge in [-0.05, 0) is 61.6 Å². The molecule has 6 rings (SSSR count). The Kier molecular flexibility index (Phi) is 8.04. The van der Waals surface area contributed by atoms with Crippen molar-refractivity contribution in [3.63, 3.8) is 0 Å². The second kappa shape index (κ2) is 12.1. The number of methoxy groups -OCH3 is 1. The summed E-state index contributed by atoms with van der Waals surface area (Å²) in [5, 5.41) is 16.7. The largest absolute Gasteiger partial charge is 0.454 e. The Balaban J connectivity index is 1.31. The number of nitrogens with one attached hydrogen (secondary N) is 2. The van der Waals surface area contributed by atoms with Crippen LogP contribution < -0.4 is 25.0 Å². The van der Waals surface area contributed by atoms with Crippen molar-refractivity contribution >= 4 is 40.1 Å². The third kappa shape index (κ3) is 5.93. The van der Waals surface area contributed by atoms with Gasteiger partial charge in [0.2, 0.25) is 12.7 Å². The predicted molar refractivity (Wildman–Crippen MR) is 164 cm³/mol. The molecule has 1 saturated heterocycles. The normalized spacial score (nSPS) is 18.2. The molecule has 3 aliphatic heterocycles. The number of ether oxygens (including phenoxy) is 3. The lowest BCUT2D eigenvalue weighted by atomic mass is 9.98. The molecule has 3 heterocycles. The molecule has 3 aromatic rings. The number of aliphatic hydroxyl groups excluding tert-OH is 1. The minimum atomic E-state index is -1.13. The maximum atomic E-state index is 13.4. The molecule has 0 radical (unpaired) electrons. The number of nitrogens with zero attached hydrogens (tertiary/aromatic N) is 3. The Labute approximate surface area is 250 Å². The van der Waals surface area contributed by atoms with Crippen molar-refractivity contribution < 1.29 is 28.9 Å². The molecule has 3 aliphatic rings. The molecule has 2 amide bonds. The molecule has 224 valence electrons. The first-order valence-corrected chi connectivity index (χ1v) is 14.2. The summed E-state index contributed by atoms with van der Waals surface area (Å²) in [5.41, 5.74) is 4.93. The minimum absolute atomic E-state index is 0.0294. The predicted octanol–water partition coefficient (Wildman–Crippen LogP) is 3.20. The van der Waals surface area contributed by atoms with E-state index in [1.54, 1.807) is 30.1 Å². The SMILES string of the molecule is COC(O)c1ccc2c(c1)/C(=C(/Nc1ccc(N(C)C(=O)CN3CCN(C)CC3)cc1)c1ccc3c(c1)OCO3)C(=O)N2. The summed E-state index contributed by atoms with van der Waals surface area (Å²) in [6.45, 7) is 4.16. The van der Waals surface area contributed by atoms with Crippen molar-refractivity contribution in [1.82, 2.24) is 9.80 Å². The molecule has 11 nitrogen and oxygen atoms in total. The van der Waals surface area contributed by atoms with Crippen LogP contribution in [0.2, 0.25) is 0 Å². The van der Waals surface area contributed by atoms with Gasteiger partial charge in [0.25, 0.3) is 5.91 Å². The standard InChI is InChI=1S/C32H35N5O6/c1-35-12-14-37(15-13-35)18-28(38)36(2)23-8-6-22(7-9-23)33-30(20-5-11-26-27(17-20)43-19-42-26)29-24-16-21(32(40)41-3)4-10-25(24)34-31(29)39/h4-11,16-17,32-33,40H,12-15,18-19H2,1-3H3,(H,34,39)/b30-29-. The Morgan fingerprint density at radius 2 is 1.79 bits per heavy atom. The van der Waals surface area contributed by atoms with E-state index < -0.39 is 6.29 Å². The van der Waals surface area contributed by atoms with Crippen LogP contribution in [0, 0.1) is 0 Å². The maximum Gasteiger partial charge on any atom is 0.258 e. The number of benzene rings is 3. The Morgan fingerprint density at radius 3 is 2.53 bits per heavy atom. The average molecular weight is 586 g/mol. The first kappa shape index (κ1) is 28.7. The second-order valence-electron chi connectivity index (χ2n) is 10.9. The number of anilines is 3. The summed E-state index contributed by atoms with van der Waals surface area (Å²) in [5.74, 6) is 0.950. The highest BCUT2D eigenvalue weighted by Gasteiger charge is 2.30. The number of likely N-dealkylation sites (N-methyl/N-ethyl adjacent to an activating group) is 2. The zero-order valence-electron chi connectivity index (χ0n) is 24.4. The highest BCUT2D eigenvalue weighted by molar-refractivity contribution is 6.37. The molecule has 0 saturated carbocycles. The van der Waals surface area contributed by atoms with Crippen LogP contribution in [0.5, 0.6) is 11.5 Å². The molecule has 43 heavy (non-hydrogen) atoms. The number of amides is 2. The van der Waals surface area contributed by atoms with Crippen molar-refractivity contribution in [1.29, 1.82) is 0 Å². The van der Waals surface area contributed by atoms with E-state index in [1.165, 1.54) is 7.11 Å². The first-order chi connectivity index (χ1) is 20.8. The number of piperazine rings is 1. The van der Waals surface area contributed by atoms with Crippen molar-refractivity contribution in [2.75, 3.05) is 76.3 Å². The van der Waals surface area contributed by atoms with Gasteiger partial charge in [-0.1, -0.05) is 6.07 Å². The molecule has 1 unspecified atom stereocenters. The molecule has 11 heteroatoms. The monoisotopic (exact) mass is 585 g/mol. The topological polar surface area (TPSA) is 116 Å². The van der Waals surface area contributed by atoms with Crippen LogP contribution in [0.25, 0.3) is 11.3 Å². The highest BCUT2D eigenvalue weighted by atomic mass is 16.7. The zero-order valence-corrected chi connectivity index (χ0v) is 24.4. The van der Waals surface area contributed by atoms with E-state index in [-0.39, 0.29) is 18.6 Å². The highest BCUT2D eigenvalue weighted by Crippen LogP contribution is 2.41. The molecule has 0 spiro atoms. The van der Waals surface area contributed by atoms with Crippen LogP contribution >= 0.6 is 0 Å². The van der Waals surface area contributed by atoms with Gasteiger partial charge >= 0.3 is 0 Å². The van der Waals surface area contributed by atoms with Gasteiger partial charge in [0.05, 0.1) is 17.8 Å². The molecule has 1 atom stereocenters. The van der Waals surface area contributed by atoms with Crippen LogP contribution in [-0.4, -0.2) is 87.4 Å². The van der Waals surface area contributed by atoms with Gasteiger partial charge in [0.1, 0.15) is 0 Å². The molecule has 0 bridgehead atoms. The first-order valence-electron chi connectivity index (χ1n) is 14.2. The molecular weight excluding hydrogens is 550 g/mol. The number of hydrogen-bond acceptors (Lipinski definition) is 9. The van der Waals surface area contributed by atoms with Crippen LogP contribution in [0.4, 0.5) is 17.1 Å². The van der Waals surface area contributed by atoms with Crippen LogP contribution in [0.15, 0.2) is 60.7 Å². The van der Waals surface area contributed by atoms with Gasteiger partial charge in [-0.2, -0.15) is 0 Å². The number of carbonyl (C=O) groups is 2. The summed E-state index contributed by atoms with van der Waals surface area (Å²) >= 11 is 0. The van der Waals surface area contributed by atoms with Crippen LogP contribution in [0.1, 0.15) is 23.0 Å². The van der Waals surface area contributed by atoms with Crippen LogP contribution in [-0.2, 0) is 14.3 Å². The second-order valence-corrected chi connectivity index (χ2v) is 10.9. The smallest absolute Gasteiger partial charge is 0.258 e. The number of rotatable bonds is 8. The summed E-state index contributed by atoms with van der Waals surface area (Å²) in [6.07, 6.45) is -1.13. The number of carbonyl (C=O) groups excluding carboxylic acids is 2. The maximum absolute atomic E-state index is 13.4. The zero-order chi connectivity index (χ0) is 30.1.